The van der Waals surface area contributed by atoms with Gasteiger partial charge in [-0.05, 0) is 24.7 Å². The molecule has 2 unspecified atom stereocenters. The van der Waals surface area contributed by atoms with E-state index < -0.39 is 41.1 Å². The highest BCUT2D eigenvalue weighted by Gasteiger charge is 2.36. The van der Waals surface area contributed by atoms with Crippen molar-refractivity contribution in [2.75, 3.05) is 13.1 Å². The lowest BCUT2D eigenvalue weighted by molar-refractivity contribution is -0.138. The van der Waals surface area contributed by atoms with E-state index in [2.05, 4.69) is 16.0 Å². The van der Waals surface area contributed by atoms with Crippen molar-refractivity contribution in [3.63, 3.8) is 0 Å². The molecule has 0 radical (unpaired) electrons. The van der Waals surface area contributed by atoms with Gasteiger partial charge in [-0.1, -0.05) is 34.6 Å². The van der Waals surface area contributed by atoms with Crippen LogP contribution in [0.2, 0.25) is 0 Å². The van der Waals surface area contributed by atoms with Crippen molar-refractivity contribution in [1.82, 2.24) is 21.4 Å². The monoisotopic (exact) mass is 415 g/mol. The highest BCUT2D eigenvalue weighted by molar-refractivity contribution is 5.93. The second kappa shape index (κ2) is 12.4. The second-order valence-electron chi connectivity index (χ2n) is 8.68. The van der Waals surface area contributed by atoms with Crippen LogP contribution in [0.25, 0.3) is 0 Å². The molecule has 0 aromatic carbocycles. The lowest BCUT2D eigenvalue weighted by atomic mass is 9.84. The minimum Gasteiger partial charge on any atom is -0.353 e. The highest BCUT2D eigenvalue weighted by atomic mass is 16.5. The molecule has 0 rings (SSSR count). The maximum atomic E-state index is 12.8. The van der Waals surface area contributed by atoms with Crippen molar-refractivity contribution in [3.05, 3.63) is 0 Å². The van der Waals surface area contributed by atoms with E-state index >= 15 is 0 Å². The van der Waals surface area contributed by atoms with Gasteiger partial charge in [0.15, 0.2) is 0 Å². The van der Waals surface area contributed by atoms with E-state index in [1.807, 2.05) is 13.8 Å². The van der Waals surface area contributed by atoms with Crippen molar-refractivity contribution < 1.29 is 24.4 Å². The van der Waals surface area contributed by atoms with Crippen LogP contribution in [-0.2, 0) is 19.2 Å². The van der Waals surface area contributed by atoms with Crippen molar-refractivity contribution in [3.8, 4) is 0 Å². The van der Waals surface area contributed by atoms with Crippen LogP contribution in [-0.4, -0.2) is 54.0 Å². The first-order valence-electron chi connectivity index (χ1n) is 9.84. The third-order valence-electron chi connectivity index (χ3n) is 4.29. The molecular weight excluding hydrogens is 378 g/mol. The zero-order valence-corrected chi connectivity index (χ0v) is 18.3. The van der Waals surface area contributed by atoms with Gasteiger partial charge in [-0.25, -0.2) is 5.48 Å². The summed E-state index contributed by atoms with van der Waals surface area (Å²) >= 11 is 0. The van der Waals surface area contributed by atoms with Gasteiger partial charge >= 0.3 is 0 Å². The summed E-state index contributed by atoms with van der Waals surface area (Å²) in [4.78, 5) is 49.1. The van der Waals surface area contributed by atoms with Crippen molar-refractivity contribution in [2.45, 2.75) is 66.5 Å². The van der Waals surface area contributed by atoms with E-state index in [0.29, 0.717) is 13.0 Å². The summed E-state index contributed by atoms with van der Waals surface area (Å²) in [6, 6.07) is -1.73. The van der Waals surface area contributed by atoms with Gasteiger partial charge in [0.05, 0.1) is 0 Å². The van der Waals surface area contributed by atoms with Gasteiger partial charge in [0.1, 0.15) is 12.1 Å². The molecule has 0 spiro atoms. The summed E-state index contributed by atoms with van der Waals surface area (Å²) in [7, 11) is 0. The molecule has 168 valence electrons. The Balaban J connectivity index is 5.30. The number of nitrogens with one attached hydrogen (secondary N) is 4. The van der Waals surface area contributed by atoms with Crippen LogP contribution in [0.4, 0.5) is 0 Å². The number of carbonyl (C=O) groups excluding carboxylic acids is 4. The van der Waals surface area contributed by atoms with Crippen molar-refractivity contribution in [2.24, 2.45) is 23.0 Å². The molecular formula is C19H37N5O5. The Morgan fingerprint density at radius 2 is 1.55 bits per heavy atom. The lowest BCUT2D eigenvalue weighted by Gasteiger charge is -2.32. The normalized spacial score (nSPS) is 14.5. The number of rotatable bonds is 11. The van der Waals surface area contributed by atoms with Crippen LogP contribution < -0.4 is 27.2 Å². The maximum Gasteiger partial charge on any atom is 0.244 e. The molecule has 0 aliphatic heterocycles. The molecule has 0 heterocycles. The third-order valence-corrected chi connectivity index (χ3v) is 4.29. The van der Waals surface area contributed by atoms with E-state index in [1.165, 1.54) is 5.48 Å². The molecule has 0 saturated heterocycles. The Morgan fingerprint density at radius 1 is 0.966 bits per heavy atom. The Kier molecular flexibility index (Phi) is 11.4. The topological polar surface area (TPSA) is 163 Å². The molecule has 10 nitrogen and oxygen atoms in total. The SMILES string of the molecule is CC(C)CC(CC(=O)NO)C(=O)NC(C(=O)N[C@@H](C)C(=O)NCCN)C(C)(C)C. The molecule has 0 aromatic rings. The van der Waals surface area contributed by atoms with Crippen molar-refractivity contribution >= 4 is 23.6 Å². The van der Waals surface area contributed by atoms with Crippen LogP contribution in [0.15, 0.2) is 0 Å². The molecule has 4 amide bonds. The molecule has 3 atom stereocenters. The van der Waals surface area contributed by atoms with Crippen LogP contribution in [0.3, 0.4) is 0 Å². The summed E-state index contributed by atoms with van der Waals surface area (Å²) in [6.45, 7) is 11.3. The minimum atomic E-state index is -0.924. The van der Waals surface area contributed by atoms with Gasteiger partial charge in [-0.2, -0.15) is 0 Å². The number of hydroxylamine groups is 1. The Morgan fingerprint density at radius 3 is 2.00 bits per heavy atom. The van der Waals surface area contributed by atoms with Gasteiger partial charge < -0.3 is 21.7 Å². The van der Waals surface area contributed by atoms with E-state index in [9.17, 15) is 19.2 Å². The fourth-order valence-corrected chi connectivity index (χ4v) is 2.77. The fourth-order valence-electron chi connectivity index (χ4n) is 2.77. The van der Waals surface area contributed by atoms with Crippen LogP contribution >= 0.6 is 0 Å². The van der Waals surface area contributed by atoms with E-state index in [1.54, 1.807) is 27.7 Å². The van der Waals surface area contributed by atoms with Crippen LogP contribution in [0, 0.1) is 17.3 Å². The molecule has 7 N–H and O–H groups in total. The quantitative estimate of drug-likeness (QED) is 0.200. The first kappa shape index (κ1) is 26.8. The summed E-state index contributed by atoms with van der Waals surface area (Å²) in [5.74, 6) is -2.59. The van der Waals surface area contributed by atoms with Gasteiger partial charge in [0, 0.05) is 25.4 Å². The molecule has 0 fully saturated rings. The number of hydrogen-bond donors (Lipinski definition) is 6. The largest absolute Gasteiger partial charge is 0.353 e. The summed E-state index contributed by atoms with van der Waals surface area (Å²) in [5, 5.41) is 16.7. The molecule has 0 bridgehead atoms. The number of nitrogens with two attached hydrogens (primary N) is 1. The predicted molar refractivity (Wildman–Crippen MR) is 109 cm³/mol. The highest BCUT2D eigenvalue weighted by Crippen LogP contribution is 2.22. The average Bonchev–Trinajstić information content (AvgIpc) is 2.61. The third kappa shape index (κ3) is 10.2. The number of amides is 4. The predicted octanol–water partition coefficient (Wildman–Crippen LogP) is -0.345. The van der Waals surface area contributed by atoms with Gasteiger partial charge in [-0.3, -0.25) is 24.4 Å². The van der Waals surface area contributed by atoms with Gasteiger partial charge in [-0.15, -0.1) is 0 Å². The summed E-state index contributed by atoms with van der Waals surface area (Å²) < 4.78 is 0. The van der Waals surface area contributed by atoms with E-state index in [4.69, 9.17) is 10.9 Å². The molecule has 29 heavy (non-hydrogen) atoms. The van der Waals surface area contributed by atoms with Gasteiger partial charge in [0.2, 0.25) is 23.6 Å². The molecule has 10 heteroatoms. The average molecular weight is 416 g/mol. The minimum absolute atomic E-state index is 0.130. The fraction of sp³-hybridized carbons (Fsp3) is 0.789. The standard InChI is InChI=1S/C19H37N5O5/c1-11(2)9-13(10-14(25)24-29)17(27)23-15(19(4,5)6)18(28)22-12(3)16(26)21-8-7-20/h11-13,15,29H,7-10,20H2,1-6H3,(H,21,26)(H,22,28)(H,23,27)(H,24,25)/t12-,13?,15?/m0/s1. The van der Waals surface area contributed by atoms with E-state index in [0.717, 1.165) is 0 Å². The van der Waals surface area contributed by atoms with Gasteiger partial charge in [0.25, 0.3) is 0 Å². The summed E-state index contributed by atoms with van der Waals surface area (Å²) in [6.07, 6.45) is 0.215. The van der Waals surface area contributed by atoms with Crippen molar-refractivity contribution in [1.29, 1.82) is 0 Å². The Hall–Kier alpha value is -2.20. The number of hydrogen-bond acceptors (Lipinski definition) is 6. The van der Waals surface area contributed by atoms with Crippen LogP contribution in [0.1, 0.15) is 54.4 Å². The zero-order valence-electron chi connectivity index (χ0n) is 18.3. The first-order chi connectivity index (χ1) is 13.3. The van der Waals surface area contributed by atoms with E-state index in [-0.39, 0.29) is 24.8 Å². The molecule has 0 aliphatic carbocycles. The smallest absolute Gasteiger partial charge is 0.244 e. The maximum absolute atomic E-state index is 12.8. The zero-order chi connectivity index (χ0) is 22.8. The molecule has 0 aromatic heterocycles. The Bertz CT molecular complexity index is 574. The number of carbonyl (C=O) groups is 4. The van der Waals surface area contributed by atoms with Crippen LogP contribution in [0.5, 0.6) is 0 Å². The second-order valence-corrected chi connectivity index (χ2v) is 8.68. The lowest BCUT2D eigenvalue weighted by Crippen LogP contribution is -2.58. The first-order valence-corrected chi connectivity index (χ1v) is 9.84. The Labute approximate surface area is 172 Å². The summed E-state index contributed by atoms with van der Waals surface area (Å²) in [5.41, 5.74) is 6.24. The molecule has 0 saturated carbocycles. The molecule has 0 aliphatic rings.